The van der Waals surface area contributed by atoms with Gasteiger partial charge in [-0.2, -0.15) is 5.10 Å². The average Bonchev–Trinajstić information content (AvgIpc) is 2.51. The van der Waals surface area contributed by atoms with E-state index in [0.717, 1.165) is 0 Å². The number of hydrogen-bond acceptors (Lipinski definition) is 3. The minimum atomic E-state index is -0.396. The number of carbonyl (C=O) groups is 1. The molecule has 0 radical (unpaired) electrons. The molecule has 0 saturated carbocycles. The van der Waals surface area contributed by atoms with Gasteiger partial charge in [0.15, 0.2) is 0 Å². The number of alkyl carbamates (subject to hydrolysis) is 1. The van der Waals surface area contributed by atoms with Crippen LogP contribution in [0.15, 0.2) is 18.5 Å². The highest BCUT2D eigenvalue weighted by Gasteiger charge is 2.16. The topological polar surface area (TPSA) is 56.2 Å². The van der Waals surface area contributed by atoms with Gasteiger partial charge in [-0.05, 0) is 33.8 Å². The molecule has 1 aromatic rings. The molecule has 1 N–H and O–H groups in total. The fraction of sp³-hybridized carbons (Fsp3) is 0.636. The van der Waals surface area contributed by atoms with Crippen LogP contribution in [0.5, 0.6) is 0 Å². The molecule has 1 atom stereocenters. The standard InChI is InChI=1S/C11H19N3O2/c1-9(8-14-7-5-6-12-14)16-10(15)13-11(2,3)4/h5-7,9H,8H2,1-4H3,(H,13,15)/t9-/m1/s1. The number of hydrogen-bond donors (Lipinski definition) is 1. The monoisotopic (exact) mass is 225 g/mol. The number of amides is 1. The van der Waals surface area contributed by atoms with Crippen molar-refractivity contribution >= 4 is 6.09 Å². The van der Waals surface area contributed by atoms with Gasteiger partial charge in [0.2, 0.25) is 0 Å². The summed E-state index contributed by atoms with van der Waals surface area (Å²) < 4.78 is 6.92. The Morgan fingerprint density at radius 3 is 2.75 bits per heavy atom. The van der Waals surface area contributed by atoms with Gasteiger partial charge in [-0.1, -0.05) is 0 Å². The smallest absolute Gasteiger partial charge is 0.407 e. The van der Waals surface area contributed by atoms with E-state index in [4.69, 9.17) is 4.74 Å². The quantitative estimate of drug-likeness (QED) is 0.853. The van der Waals surface area contributed by atoms with Gasteiger partial charge >= 0.3 is 6.09 Å². The van der Waals surface area contributed by atoms with Crippen molar-refractivity contribution in [3.05, 3.63) is 18.5 Å². The highest BCUT2D eigenvalue weighted by molar-refractivity contribution is 5.68. The van der Waals surface area contributed by atoms with Crippen molar-refractivity contribution in [2.75, 3.05) is 0 Å². The van der Waals surface area contributed by atoms with Gasteiger partial charge in [0.25, 0.3) is 0 Å². The Bertz CT molecular complexity index is 327. The van der Waals surface area contributed by atoms with E-state index in [1.165, 1.54) is 0 Å². The third-order valence-corrected chi connectivity index (χ3v) is 1.79. The molecule has 0 saturated heterocycles. The first-order chi connectivity index (χ1) is 7.37. The van der Waals surface area contributed by atoms with Gasteiger partial charge in [0, 0.05) is 17.9 Å². The van der Waals surface area contributed by atoms with Crippen molar-refractivity contribution in [1.82, 2.24) is 15.1 Å². The number of carbonyl (C=O) groups excluding carboxylic acids is 1. The molecular weight excluding hydrogens is 206 g/mol. The molecule has 16 heavy (non-hydrogen) atoms. The van der Waals surface area contributed by atoms with E-state index < -0.39 is 6.09 Å². The molecule has 1 aromatic heterocycles. The Kier molecular flexibility index (Phi) is 3.93. The maximum Gasteiger partial charge on any atom is 0.407 e. The molecule has 5 heteroatoms. The summed E-state index contributed by atoms with van der Waals surface area (Å²) in [7, 11) is 0. The highest BCUT2D eigenvalue weighted by Crippen LogP contribution is 2.02. The van der Waals surface area contributed by atoms with Crippen LogP contribution in [-0.2, 0) is 11.3 Å². The predicted molar refractivity (Wildman–Crippen MR) is 61.1 cm³/mol. The lowest BCUT2D eigenvalue weighted by atomic mass is 10.1. The van der Waals surface area contributed by atoms with E-state index >= 15 is 0 Å². The Morgan fingerprint density at radius 1 is 1.56 bits per heavy atom. The second-order valence-corrected chi connectivity index (χ2v) is 4.82. The van der Waals surface area contributed by atoms with Gasteiger partial charge in [-0.3, -0.25) is 4.68 Å². The summed E-state index contributed by atoms with van der Waals surface area (Å²) in [5.41, 5.74) is -0.275. The highest BCUT2D eigenvalue weighted by atomic mass is 16.6. The number of aromatic nitrogens is 2. The summed E-state index contributed by atoms with van der Waals surface area (Å²) in [6, 6.07) is 1.84. The number of nitrogens with zero attached hydrogens (tertiary/aromatic N) is 2. The summed E-state index contributed by atoms with van der Waals surface area (Å²) in [6.07, 6.45) is 2.93. The summed E-state index contributed by atoms with van der Waals surface area (Å²) in [4.78, 5) is 11.4. The van der Waals surface area contributed by atoms with Crippen molar-refractivity contribution in [3.8, 4) is 0 Å². The zero-order valence-corrected chi connectivity index (χ0v) is 10.2. The van der Waals surface area contributed by atoms with Crippen LogP contribution in [0.4, 0.5) is 4.79 Å². The van der Waals surface area contributed by atoms with Crippen molar-refractivity contribution in [3.63, 3.8) is 0 Å². The van der Waals surface area contributed by atoms with Gasteiger partial charge < -0.3 is 10.1 Å². The normalized spacial score (nSPS) is 13.2. The molecule has 0 aliphatic carbocycles. The summed E-state index contributed by atoms with van der Waals surface area (Å²) >= 11 is 0. The van der Waals surface area contributed by atoms with E-state index in [9.17, 15) is 4.79 Å². The maximum absolute atomic E-state index is 11.4. The summed E-state index contributed by atoms with van der Waals surface area (Å²) in [5, 5.41) is 6.78. The van der Waals surface area contributed by atoms with Crippen molar-refractivity contribution in [1.29, 1.82) is 0 Å². The molecule has 0 aliphatic rings. The first-order valence-corrected chi connectivity index (χ1v) is 5.33. The lowest BCUT2D eigenvalue weighted by molar-refractivity contribution is 0.0893. The van der Waals surface area contributed by atoms with Gasteiger partial charge in [0.1, 0.15) is 6.10 Å². The van der Waals surface area contributed by atoms with Crippen LogP contribution in [0.3, 0.4) is 0 Å². The van der Waals surface area contributed by atoms with Crippen molar-refractivity contribution < 1.29 is 9.53 Å². The second kappa shape index (κ2) is 5.01. The first-order valence-electron chi connectivity index (χ1n) is 5.33. The molecule has 0 spiro atoms. The third-order valence-electron chi connectivity index (χ3n) is 1.79. The minimum absolute atomic E-state index is 0.206. The lowest BCUT2D eigenvalue weighted by Gasteiger charge is -2.22. The van der Waals surface area contributed by atoms with Crippen LogP contribution < -0.4 is 5.32 Å². The minimum Gasteiger partial charge on any atom is -0.445 e. The van der Waals surface area contributed by atoms with Crippen molar-refractivity contribution in [2.24, 2.45) is 0 Å². The van der Waals surface area contributed by atoms with Gasteiger partial charge in [0.05, 0.1) is 6.54 Å². The molecular formula is C11H19N3O2. The van der Waals surface area contributed by atoms with E-state index in [-0.39, 0.29) is 11.6 Å². The molecule has 90 valence electrons. The molecule has 5 nitrogen and oxygen atoms in total. The summed E-state index contributed by atoms with van der Waals surface area (Å²) in [5.74, 6) is 0. The number of rotatable bonds is 3. The predicted octanol–water partition coefficient (Wildman–Crippen LogP) is 1.80. The molecule has 1 heterocycles. The number of ether oxygens (including phenoxy) is 1. The van der Waals surface area contributed by atoms with E-state index in [2.05, 4.69) is 10.4 Å². The van der Waals surface area contributed by atoms with E-state index in [1.807, 2.05) is 40.0 Å². The maximum atomic E-state index is 11.4. The fourth-order valence-electron chi connectivity index (χ4n) is 1.23. The van der Waals surface area contributed by atoms with Crippen LogP contribution in [-0.4, -0.2) is 27.5 Å². The van der Waals surface area contributed by atoms with Crippen LogP contribution in [0, 0.1) is 0 Å². The zero-order chi connectivity index (χ0) is 12.2. The fourth-order valence-corrected chi connectivity index (χ4v) is 1.23. The Hall–Kier alpha value is -1.52. The molecule has 0 aliphatic heterocycles. The van der Waals surface area contributed by atoms with Crippen LogP contribution in [0.2, 0.25) is 0 Å². The zero-order valence-electron chi connectivity index (χ0n) is 10.2. The SMILES string of the molecule is C[C@H](Cn1cccn1)OC(=O)NC(C)(C)C. The van der Waals surface area contributed by atoms with Crippen LogP contribution >= 0.6 is 0 Å². The molecule has 0 bridgehead atoms. The largest absolute Gasteiger partial charge is 0.445 e. The first kappa shape index (κ1) is 12.5. The lowest BCUT2D eigenvalue weighted by Crippen LogP contribution is -2.42. The van der Waals surface area contributed by atoms with E-state index in [0.29, 0.717) is 6.54 Å². The molecule has 0 aromatic carbocycles. The Balaban J connectivity index is 2.34. The number of nitrogens with one attached hydrogen (secondary N) is 1. The van der Waals surface area contributed by atoms with E-state index in [1.54, 1.807) is 10.9 Å². The van der Waals surface area contributed by atoms with Crippen molar-refractivity contribution in [2.45, 2.75) is 45.9 Å². The van der Waals surface area contributed by atoms with Gasteiger partial charge in [-0.15, -0.1) is 0 Å². The Morgan fingerprint density at radius 2 is 2.25 bits per heavy atom. The molecule has 0 unspecified atom stereocenters. The van der Waals surface area contributed by atoms with Gasteiger partial charge in [-0.25, -0.2) is 4.79 Å². The molecule has 0 fully saturated rings. The third kappa shape index (κ3) is 4.82. The second-order valence-electron chi connectivity index (χ2n) is 4.82. The summed E-state index contributed by atoms with van der Waals surface area (Å²) in [6.45, 7) is 8.12. The average molecular weight is 225 g/mol. The molecule has 1 rings (SSSR count). The Labute approximate surface area is 95.8 Å². The molecule has 1 amide bonds. The van der Waals surface area contributed by atoms with Crippen LogP contribution in [0.1, 0.15) is 27.7 Å². The van der Waals surface area contributed by atoms with Crippen LogP contribution in [0.25, 0.3) is 0 Å².